The maximum absolute atomic E-state index is 6.32. The van der Waals surface area contributed by atoms with Gasteiger partial charge in [-0.05, 0) is 52.6 Å². The topological polar surface area (TPSA) is 26.0 Å². The van der Waals surface area contributed by atoms with Crippen LogP contribution >= 0.6 is 11.3 Å². The number of para-hydroxylation sites is 1. The Balaban J connectivity index is 1.16. The van der Waals surface area contributed by atoms with Gasteiger partial charge in [-0.2, -0.15) is 0 Å². The fourth-order valence-corrected chi connectivity index (χ4v) is 8.36. The van der Waals surface area contributed by atoms with Gasteiger partial charge in [-0.1, -0.05) is 121 Å². The lowest BCUT2D eigenvalue weighted by Crippen LogP contribution is -1.91. The van der Waals surface area contributed by atoms with Crippen molar-refractivity contribution in [1.82, 2.24) is 4.98 Å². The van der Waals surface area contributed by atoms with Crippen molar-refractivity contribution in [3.8, 4) is 33.5 Å². The van der Waals surface area contributed by atoms with Crippen LogP contribution in [0.3, 0.4) is 0 Å². The van der Waals surface area contributed by atoms with Crippen molar-refractivity contribution < 1.29 is 4.42 Å². The third kappa shape index (κ3) is 3.79. The van der Waals surface area contributed by atoms with Crippen LogP contribution in [0.4, 0.5) is 0 Å². The standard InChI is InChI=1S/C43H25NOS/c1-2-9-28(10-3-1)42-35-23-24-38-41(34-12-4-6-15-37(34)45-38)40(35)33-22-21-29(25-36(33)44-42)26-17-19-27(20-18-26)30-13-8-14-32-31-11-5-7-16-39(31)46-43(30)32/h1-25H. The first-order valence-corrected chi connectivity index (χ1v) is 16.4. The molecule has 0 bridgehead atoms. The molecule has 46 heavy (non-hydrogen) atoms. The Hall–Kier alpha value is -5.77. The third-order valence-corrected chi connectivity index (χ3v) is 10.5. The van der Waals surface area contributed by atoms with Gasteiger partial charge in [0.2, 0.25) is 0 Å². The van der Waals surface area contributed by atoms with Crippen LogP contribution < -0.4 is 0 Å². The van der Waals surface area contributed by atoms with E-state index in [0.717, 1.165) is 55.0 Å². The Morgan fingerprint density at radius 1 is 0.435 bits per heavy atom. The van der Waals surface area contributed by atoms with Gasteiger partial charge in [-0.25, -0.2) is 4.98 Å². The summed E-state index contributed by atoms with van der Waals surface area (Å²) in [7, 11) is 0. The van der Waals surface area contributed by atoms with Crippen LogP contribution in [0.1, 0.15) is 0 Å². The van der Waals surface area contributed by atoms with Crippen LogP contribution in [0.5, 0.6) is 0 Å². The van der Waals surface area contributed by atoms with E-state index in [1.165, 1.54) is 42.2 Å². The molecule has 7 aromatic carbocycles. The summed E-state index contributed by atoms with van der Waals surface area (Å²) in [5.74, 6) is 0. The van der Waals surface area contributed by atoms with Gasteiger partial charge in [0.25, 0.3) is 0 Å². The van der Waals surface area contributed by atoms with Crippen LogP contribution in [-0.2, 0) is 0 Å². The highest BCUT2D eigenvalue weighted by atomic mass is 32.1. The van der Waals surface area contributed by atoms with E-state index in [1.807, 2.05) is 23.5 Å². The van der Waals surface area contributed by atoms with E-state index in [0.29, 0.717) is 0 Å². The van der Waals surface area contributed by atoms with E-state index in [-0.39, 0.29) is 0 Å². The molecule has 0 saturated carbocycles. The predicted molar refractivity (Wildman–Crippen MR) is 196 cm³/mol. The largest absolute Gasteiger partial charge is 0.456 e. The van der Waals surface area contributed by atoms with Gasteiger partial charge in [-0.3, -0.25) is 0 Å². The van der Waals surface area contributed by atoms with Crippen molar-refractivity contribution in [3.05, 3.63) is 152 Å². The van der Waals surface area contributed by atoms with Crippen molar-refractivity contribution in [2.75, 3.05) is 0 Å². The summed E-state index contributed by atoms with van der Waals surface area (Å²) in [5, 5.41) is 8.36. The summed E-state index contributed by atoms with van der Waals surface area (Å²) in [4.78, 5) is 5.32. The van der Waals surface area contributed by atoms with Gasteiger partial charge in [0.15, 0.2) is 0 Å². The molecule has 214 valence electrons. The lowest BCUT2D eigenvalue weighted by atomic mass is 9.94. The number of pyridine rings is 1. The maximum atomic E-state index is 6.32. The average molecular weight is 604 g/mol. The van der Waals surface area contributed by atoms with Gasteiger partial charge < -0.3 is 4.42 Å². The SMILES string of the molecule is c1ccc(-c2nc3cc(-c4ccc(-c5cccc6c5sc5ccccc56)cc4)ccc3c3c2ccc2oc4ccccc4c23)cc1. The first kappa shape index (κ1) is 25.5. The summed E-state index contributed by atoms with van der Waals surface area (Å²) in [6, 6.07) is 54.1. The molecule has 0 radical (unpaired) electrons. The Morgan fingerprint density at radius 3 is 2.04 bits per heavy atom. The monoisotopic (exact) mass is 603 g/mol. The van der Waals surface area contributed by atoms with Crippen LogP contribution in [-0.4, -0.2) is 4.98 Å². The number of benzene rings is 7. The predicted octanol–water partition coefficient (Wildman–Crippen LogP) is 12.7. The molecule has 10 rings (SSSR count). The highest BCUT2D eigenvalue weighted by molar-refractivity contribution is 7.26. The molecule has 3 heterocycles. The minimum absolute atomic E-state index is 0.897. The first-order valence-electron chi connectivity index (χ1n) is 15.5. The average Bonchev–Trinajstić information content (AvgIpc) is 3.70. The van der Waals surface area contributed by atoms with Gasteiger partial charge in [0.05, 0.1) is 11.2 Å². The number of furan rings is 1. The summed E-state index contributed by atoms with van der Waals surface area (Å²) in [6.45, 7) is 0. The second-order valence-corrected chi connectivity index (χ2v) is 12.9. The van der Waals surface area contributed by atoms with Crippen molar-refractivity contribution in [3.63, 3.8) is 0 Å². The molecule has 0 unspecified atom stereocenters. The summed E-state index contributed by atoms with van der Waals surface area (Å²) >= 11 is 1.87. The van der Waals surface area contributed by atoms with E-state index in [4.69, 9.17) is 9.40 Å². The highest BCUT2D eigenvalue weighted by Crippen LogP contribution is 2.43. The molecular formula is C43H25NOS. The summed E-state index contributed by atoms with van der Waals surface area (Å²) in [6.07, 6.45) is 0. The number of rotatable bonds is 3. The van der Waals surface area contributed by atoms with E-state index < -0.39 is 0 Å². The second-order valence-electron chi connectivity index (χ2n) is 11.9. The third-order valence-electron chi connectivity index (χ3n) is 9.28. The fraction of sp³-hybridized carbons (Fsp3) is 0. The number of thiophene rings is 1. The van der Waals surface area contributed by atoms with Crippen molar-refractivity contribution in [1.29, 1.82) is 0 Å². The van der Waals surface area contributed by atoms with Crippen molar-refractivity contribution in [2.45, 2.75) is 0 Å². The minimum Gasteiger partial charge on any atom is -0.456 e. The molecule has 0 spiro atoms. The van der Waals surface area contributed by atoms with Crippen molar-refractivity contribution >= 4 is 75.1 Å². The number of hydrogen-bond acceptors (Lipinski definition) is 3. The molecular weight excluding hydrogens is 579 g/mol. The molecule has 3 heteroatoms. The number of nitrogens with zero attached hydrogens (tertiary/aromatic N) is 1. The molecule has 0 aliphatic rings. The molecule has 3 aromatic heterocycles. The second kappa shape index (κ2) is 9.87. The highest BCUT2D eigenvalue weighted by Gasteiger charge is 2.18. The van der Waals surface area contributed by atoms with E-state index in [2.05, 4.69) is 140 Å². The summed E-state index contributed by atoms with van der Waals surface area (Å²) in [5.41, 5.74) is 9.69. The van der Waals surface area contributed by atoms with Crippen molar-refractivity contribution in [2.24, 2.45) is 0 Å². The zero-order valence-electron chi connectivity index (χ0n) is 24.7. The summed E-state index contributed by atoms with van der Waals surface area (Å²) < 4.78 is 8.98. The van der Waals surface area contributed by atoms with Gasteiger partial charge in [0.1, 0.15) is 11.2 Å². The normalized spacial score (nSPS) is 11.9. The Bertz CT molecular complexity index is 2790. The minimum atomic E-state index is 0.897. The Kier molecular flexibility index (Phi) is 5.48. The molecule has 0 atom stereocenters. The van der Waals surface area contributed by atoms with Crippen LogP contribution in [0.25, 0.3) is 97.3 Å². The molecule has 0 amide bonds. The smallest absolute Gasteiger partial charge is 0.136 e. The van der Waals surface area contributed by atoms with Gasteiger partial charge in [0, 0.05) is 52.7 Å². The fourth-order valence-electron chi connectivity index (χ4n) is 7.12. The van der Waals surface area contributed by atoms with Crippen LogP contribution in [0, 0.1) is 0 Å². The quantitative estimate of drug-likeness (QED) is 0.188. The molecule has 10 aromatic rings. The lowest BCUT2D eigenvalue weighted by molar-refractivity contribution is 0.669. The van der Waals surface area contributed by atoms with E-state index in [9.17, 15) is 0 Å². The molecule has 0 saturated heterocycles. The van der Waals surface area contributed by atoms with Crippen LogP contribution in [0.2, 0.25) is 0 Å². The number of fused-ring (bicyclic) bond motifs is 10. The van der Waals surface area contributed by atoms with E-state index >= 15 is 0 Å². The van der Waals surface area contributed by atoms with Gasteiger partial charge in [-0.15, -0.1) is 11.3 Å². The van der Waals surface area contributed by atoms with Gasteiger partial charge >= 0.3 is 0 Å². The lowest BCUT2D eigenvalue weighted by Gasteiger charge is -2.13. The molecule has 0 aliphatic carbocycles. The zero-order valence-corrected chi connectivity index (χ0v) is 25.5. The van der Waals surface area contributed by atoms with E-state index in [1.54, 1.807) is 0 Å². The zero-order chi connectivity index (χ0) is 30.2. The maximum Gasteiger partial charge on any atom is 0.136 e. The number of hydrogen-bond donors (Lipinski definition) is 0. The molecule has 0 aliphatic heterocycles. The first-order chi connectivity index (χ1) is 22.8. The number of aromatic nitrogens is 1. The Morgan fingerprint density at radius 2 is 1.15 bits per heavy atom. The molecule has 0 fully saturated rings. The van der Waals surface area contributed by atoms with Crippen LogP contribution in [0.15, 0.2) is 156 Å². The molecule has 0 N–H and O–H groups in total. The molecule has 2 nitrogen and oxygen atoms in total. The Labute approximate surface area is 268 Å².